The van der Waals surface area contributed by atoms with Crippen molar-refractivity contribution in [1.29, 1.82) is 0 Å². The van der Waals surface area contributed by atoms with Crippen LogP contribution in [-0.4, -0.2) is 15.6 Å². The van der Waals surface area contributed by atoms with Crippen LogP contribution in [0.2, 0.25) is 0 Å². The molecule has 0 spiro atoms. The topological polar surface area (TPSA) is 67.5 Å². The highest BCUT2D eigenvalue weighted by Gasteiger charge is 2.17. The Morgan fingerprint density at radius 2 is 1.86 bits per heavy atom. The van der Waals surface area contributed by atoms with Crippen molar-refractivity contribution in [1.82, 2.24) is 5.43 Å². The quantitative estimate of drug-likeness (QED) is 0.526. The number of non-ortho nitro benzene ring substituents is 1. The minimum absolute atomic E-state index is 0.0599. The van der Waals surface area contributed by atoms with E-state index in [2.05, 4.69) is 10.5 Å². The molecule has 1 aliphatic rings. The third kappa shape index (κ3) is 2.66. The first-order valence-corrected chi connectivity index (χ1v) is 6.75. The lowest BCUT2D eigenvalue weighted by Crippen LogP contribution is -2.16. The standard InChI is InChI=1S/C15H11N3O2S/c19-18(20)12-7-5-10(6-8-12)15-13-4-2-1-3-11(13)9-14(21)16-17-15/h1-8H,9H2,(H,16,21). The SMILES string of the molecule is O=[N+]([O-])c1ccc(C2=NNC(=S)Cc3ccccc32)cc1. The lowest BCUT2D eigenvalue weighted by molar-refractivity contribution is -0.384. The van der Waals surface area contributed by atoms with Crippen molar-refractivity contribution in [3.05, 3.63) is 75.3 Å². The van der Waals surface area contributed by atoms with Crippen LogP contribution >= 0.6 is 12.2 Å². The maximum Gasteiger partial charge on any atom is 0.269 e. The molecule has 0 aliphatic carbocycles. The molecular weight excluding hydrogens is 286 g/mol. The number of rotatable bonds is 2. The van der Waals surface area contributed by atoms with Gasteiger partial charge in [-0.3, -0.25) is 15.5 Å². The molecule has 1 aliphatic heterocycles. The van der Waals surface area contributed by atoms with Gasteiger partial charge in [0.2, 0.25) is 0 Å². The van der Waals surface area contributed by atoms with Crippen molar-refractivity contribution in [3.63, 3.8) is 0 Å². The molecule has 0 aromatic heterocycles. The number of benzene rings is 2. The summed E-state index contributed by atoms with van der Waals surface area (Å²) in [5.74, 6) is 0. The first-order valence-electron chi connectivity index (χ1n) is 6.35. The molecule has 3 rings (SSSR count). The van der Waals surface area contributed by atoms with Crippen molar-refractivity contribution in [2.75, 3.05) is 0 Å². The normalized spacial score (nSPS) is 13.7. The van der Waals surface area contributed by atoms with Crippen LogP contribution in [0.4, 0.5) is 5.69 Å². The summed E-state index contributed by atoms with van der Waals surface area (Å²) in [5, 5.41) is 15.1. The summed E-state index contributed by atoms with van der Waals surface area (Å²) in [6.07, 6.45) is 0.630. The number of fused-ring (bicyclic) bond motifs is 1. The molecule has 0 radical (unpaired) electrons. The Morgan fingerprint density at radius 1 is 1.14 bits per heavy atom. The molecular formula is C15H11N3O2S. The third-order valence-electron chi connectivity index (χ3n) is 3.27. The number of nitrogens with zero attached hydrogens (tertiary/aromatic N) is 2. The Labute approximate surface area is 126 Å². The molecule has 2 aromatic carbocycles. The van der Waals surface area contributed by atoms with Crippen molar-refractivity contribution in [2.45, 2.75) is 6.42 Å². The molecule has 0 saturated heterocycles. The van der Waals surface area contributed by atoms with Gasteiger partial charge in [-0.05, 0) is 17.7 Å². The van der Waals surface area contributed by atoms with E-state index >= 15 is 0 Å². The highest BCUT2D eigenvalue weighted by Crippen LogP contribution is 2.20. The number of hydrogen-bond acceptors (Lipinski definition) is 4. The summed E-state index contributed by atoms with van der Waals surface area (Å²) in [6, 6.07) is 14.2. The lowest BCUT2D eigenvalue weighted by Gasteiger charge is -2.08. The largest absolute Gasteiger partial charge is 0.271 e. The minimum atomic E-state index is -0.417. The minimum Gasteiger partial charge on any atom is -0.271 e. The summed E-state index contributed by atoms with van der Waals surface area (Å²) in [5.41, 5.74) is 6.54. The van der Waals surface area contributed by atoms with Crippen molar-refractivity contribution in [3.8, 4) is 0 Å². The van der Waals surface area contributed by atoms with E-state index < -0.39 is 4.92 Å². The Morgan fingerprint density at radius 3 is 2.57 bits per heavy atom. The number of thiocarbonyl (C=S) groups is 1. The first kappa shape index (κ1) is 13.4. The second-order valence-corrected chi connectivity index (χ2v) is 5.13. The van der Waals surface area contributed by atoms with Crippen molar-refractivity contribution in [2.24, 2.45) is 5.10 Å². The first-order chi connectivity index (χ1) is 10.1. The van der Waals surface area contributed by atoms with Gasteiger partial charge in [0.15, 0.2) is 0 Å². The molecule has 0 atom stereocenters. The van der Waals surface area contributed by atoms with Gasteiger partial charge in [0.1, 0.15) is 4.99 Å². The zero-order valence-corrected chi connectivity index (χ0v) is 11.8. The maximum absolute atomic E-state index is 10.7. The Balaban J connectivity index is 2.08. The Kier molecular flexibility index (Phi) is 3.45. The second kappa shape index (κ2) is 5.41. The summed E-state index contributed by atoms with van der Waals surface area (Å²) < 4.78 is 0. The Hall–Kier alpha value is -2.60. The second-order valence-electron chi connectivity index (χ2n) is 4.63. The molecule has 6 heteroatoms. The fraction of sp³-hybridized carbons (Fsp3) is 0.0667. The zero-order chi connectivity index (χ0) is 14.8. The van der Waals surface area contributed by atoms with Gasteiger partial charge in [0, 0.05) is 29.7 Å². The molecule has 0 unspecified atom stereocenters. The van der Waals surface area contributed by atoms with Gasteiger partial charge in [-0.2, -0.15) is 5.10 Å². The van der Waals surface area contributed by atoms with E-state index in [0.717, 1.165) is 22.4 Å². The van der Waals surface area contributed by atoms with Gasteiger partial charge < -0.3 is 0 Å². The molecule has 0 amide bonds. The number of nitro benzene ring substituents is 1. The predicted molar refractivity (Wildman–Crippen MR) is 84.6 cm³/mol. The average Bonchev–Trinajstić information content (AvgIpc) is 2.65. The molecule has 0 bridgehead atoms. The van der Waals surface area contributed by atoms with Crippen LogP contribution in [0.15, 0.2) is 53.6 Å². The van der Waals surface area contributed by atoms with E-state index in [9.17, 15) is 10.1 Å². The van der Waals surface area contributed by atoms with E-state index in [-0.39, 0.29) is 5.69 Å². The van der Waals surface area contributed by atoms with Crippen LogP contribution in [0, 0.1) is 10.1 Å². The molecule has 0 saturated carbocycles. The maximum atomic E-state index is 10.7. The van der Waals surface area contributed by atoms with E-state index in [0.29, 0.717) is 11.4 Å². The number of hydrogen-bond donors (Lipinski definition) is 1. The van der Waals surface area contributed by atoms with Crippen LogP contribution in [0.3, 0.4) is 0 Å². The van der Waals surface area contributed by atoms with E-state index in [1.54, 1.807) is 12.1 Å². The van der Waals surface area contributed by atoms with Crippen LogP contribution in [-0.2, 0) is 6.42 Å². The van der Waals surface area contributed by atoms with Gasteiger partial charge in [-0.1, -0.05) is 36.5 Å². The summed E-state index contributed by atoms with van der Waals surface area (Å²) >= 11 is 5.22. The molecule has 104 valence electrons. The number of hydrazone groups is 1. The number of nitrogens with one attached hydrogen (secondary N) is 1. The van der Waals surface area contributed by atoms with Gasteiger partial charge in [0.05, 0.1) is 10.6 Å². The molecule has 2 aromatic rings. The van der Waals surface area contributed by atoms with Crippen molar-refractivity contribution >= 4 is 28.6 Å². The van der Waals surface area contributed by atoms with E-state index in [1.165, 1.54) is 12.1 Å². The van der Waals surface area contributed by atoms with E-state index in [4.69, 9.17) is 12.2 Å². The lowest BCUT2D eigenvalue weighted by atomic mass is 9.96. The van der Waals surface area contributed by atoms with Gasteiger partial charge in [-0.25, -0.2) is 0 Å². The summed E-state index contributed by atoms with van der Waals surface area (Å²) in [7, 11) is 0. The highest BCUT2D eigenvalue weighted by atomic mass is 32.1. The smallest absolute Gasteiger partial charge is 0.269 e. The fourth-order valence-corrected chi connectivity index (χ4v) is 2.46. The Bertz CT molecular complexity index is 754. The van der Waals surface area contributed by atoms with Crippen molar-refractivity contribution < 1.29 is 4.92 Å². The zero-order valence-electron chi connectivity index (χ0n) is 10.9. The molecule has 1 heterocycles. The molecule has 0 fully saturated rings. The average molecular weight is 297 g/mol. The molecule has 5 nitrogen and oxygen atoms in total. The van der Waals surface area contributed by atoms with E-state index in [1.807, 2.05) is 24.3 Å². The predicted octanol–water partition coefficient (Wildman–Crippen LogP) is 2.82. The van der Waals surface area contributed by atoms with Gasteiger partial charge >= 0.3 is 0 Å². The number of nitro groups is 1. The van der Waals surface area contributed by atoms with Gasteiger partial charge in [0.25, 0.3) is 5.69 Å². The molecule has 21 heavy (non-hydrogen) atoms. The fourth-order valence-electron chi connectivity index (χ4n) is 2.26. The highest BCUT2D eigenvalue weighted by molar-refractivity contribution is 7.80. The molecule has 1 N–H and O–H groups in total. The van der Waals surface area contributed by atoms with Crippen LogP contribution in [0.1, 0.15) is 16.7 Å². The van der Waals surface area contributed by atoms with Crippen LogP contribution < -0.4 is 5.43 Å². The van der Waals surface area contributed by atoms with Crippen LogP contribution in [0.5, 0.6) is 0 Å². The monoisotopic (exact) mass is 297 g/mol. The third-order valence-corrected chi connectivity index (χ3v) is 3.50. The van der Waals surface area contributed by atoms with Crippen LogP contribution in [0.25, 0.3) is 0 Å². The summed E-state index contributed by atoms with van der Waals surface area (Å²) in [4.78, 5) is 11.0. The summed E-state index contributed by atoms with van der Waals surface area (Å²) in [6.45, 7) is 0. The van der Waals surface area contributed by atoms with Gasteiger partial charge in [-0.15, -0.1) is 0 Å².